The first-order chi connectivity index (χ1) is 10.8. The minimum absolute atomic E-state index is 0.163. The predicted molar refractivity (Wildman–Crippen MR) is 76.7 cm³/mol. The first kappa shape index (κ1) is 17.1. The minimum atomic E-state index is -4.53. The van der Waals surface area contributed by atoms with Crippen LogP contribution in [-0.4, -0.2) is 17.6 Å². The second-order valence-electron chi connectivity index (χ2n) is 4.36. The van der Waals surface area contributed by atoms with Crippen LogP contribution in [0.25, 0.3) is 0 Å². The Morgan fingerprint density at radius 3 is 2.43 bits per heavy atom. The van der Waals surface area contributed by atoms with Crippen molar-refractivity contribution >= 4 is 17.6 Å². The van der Waals surface area contributed by atoms with Crippen molar-refractivity contribution in [2.24, 2.45) is 0 Å². The number of carbonyl (C=O) groups is 1. The molecule has 0 fully saturated rings. The molecule has 0 saturated carbocycles. The van der Waals surface area contributed by atoms with Crippen molar-refractivity contribution in [3.63, 3.8) is 0 Å². The summed E-state index contributed by atoms with van der Waals surface area (Å²) in [5.74, 6) is -0.375. The van der Waals surface area contributed by atoms with E-state index in [1.807, 2.05) is 0 Å². The molecule has 0 aliphatic rings. The quantitative estimate of drug-likeness (QED) is 0.752. The molecular weight excluding hydrogens is 335 g/mol. The highest BCUT2D eigenvalue weighted by atomic mass is 35.5. The summed E-state index contributed by atoms with van der Waals surface area (Å²) in [6.07, 6.45) is -3.90. The molecule has 2 rings (SSSR count). The molecule has 0 bridgehead atoms. The average Bonchev–Trinajstić information content (AvgIpc) is 2.49. The van der Waals surface area contributed by atoms with E-state index in [1.165, 1.54) is 24.3 Å². The number of hydrogen-bond donors (Lipinski definition) is 0. The summed E-state index contributed by atoms with van der Waals surface area (Å²) in [7, 11) is 0. The summed E-state index contributed by atoms with van der Waals surface area (Å²) in [4.78, 5) is 15.1. The van der Waals surface area contributed by atoms with Crippen LogP contribution in [0.3, 0.4) is 0 Å². The van der Waals surface area contributed by atoms with Gasteiger partial charge in [-0.15, -0.1) is 0 Å². The number of ether oxygens (including phenoxy) is 2. The Morgan fingerprint density at radius 2 is 1.91 bits per heavy atom. The molecule has 0 saturated heterocycles. The number of esters is 1. The van der Waals surface area contributed by atoms with Crippen molar-refractivity contribution < 1.29 is 27.4 Å². The third-order valence-electron chi connectivity index (χ3n) is 2.71. The average molecular weight is 346 g/mol. The zero-order chi connectivity index (χ0) is 17.0. The largest absolute Gasteiger partial charge is 0.462 e. The first-order valence-corrected chi connectivity index (χ1v) is 6.87. The Hall–Kier alpha value is -2.28. The van der Waals surface area contributed by atoms with Gasteiger partial charge in [-0.3, -0.25) is 0 Å². The molecule has 1 heterocycles. The van der Waals surface area contributed by atoms with Crippen LogP contribution in [-0.2, 0) is 10.9 Å². The van der Waals surface area contributed by atoms with E-state index >= 15 is 0 Å². The van der Waals surface area contributed by atoms with E-state index in [9.17, 15) is 18.0 Å². The molecule has 0 spiro atoms. The molecule has 122 valence electrons. The second kappa shape index (κ2) is 6.87. The molecule has 2 aromatic rings. The van der Waals surface area contributed by atoms with E-state index in [0.29, 0.717) is 11.8 Å². The molecule has 1 aromatic carbocycles. The normalized spacial score (nSPS) is 11.2. The zero-order valence-electron chi connectivity index (χ0n) is 11.9. The van der Waals surface area contributed by atoms with Crippen LogP contribution in [0.1, 0.15) is 22.8 Å². The van der Waals surface area contributed by atoms with Gasteiger partial charge in [0, 0.05) is 6.20 Å². The lowest BCUT2D eigenvalue weighted by atomic mass is 10.2. The number of aromatic nitrogens is 1. The van der Waals surface area contributed by atoms with Gasteiger partial charge in [0.15, 0.2) is 0 Å². The van der Waals surface area contributed by atoms with Crippen LogP contribution >= 0.6 is 11.6 Å². The molecule has 8 heteroatoms. The minimum Gasteiger partial charge on any atom is -0.462 e. The molecule has 0 aliphatic carbocycles. The van der Waals surface area contributed by atoms with Crippen molar-refractivity contribution in [3.05, 3.63) is 52.7 Å². The molecule has 0 unspecified atom stereocenters. The van der Waals surface area contributed by atoms with Gasteiger partial charge in [-0.25, -0.2) is 9.78 Å². The van der Waals surface area contributed by atoms with Crippen molar-refractivity contribution in [1.29, 1.82) is 0 Å². The Kier molecular flexibility index (Phi) is 5.10. The van der Waals surface area contributed by atoms with Crippen molar-refractivity contribution in [2.45, 2.75) is 13.1 Å². The zero-order valence-corrected chi connectivity index (χ0v) is 12.6. The maximum absolute atomic E-state index is 12.5. The number of alkyl halides is 3. The Bertz CT molecular complexity index is 702. The third kappa shape index (κ3) is 4.35. The standard InChI is InChI=1S/C15H11ClF3NO3/c1-2-22-14(21)9-3-5-11(6-4-9)23-13-12(16)7-10(8-20-13)15(17,18)19/h3-8H,2H2,1H3. The number of hydrogen-bond acceptors (Lipinski definition) is 4. The number of nitrogens with zero attached hydrogens (tertiary/aromatic N) is 1. The Balaban J connectivity index is 2.15. The van der Waals surface area contributed by atoms with Gasteiger partial charge in [-0.2, -0.15) is 13.2 Å². The highest BCUT2D eigenvalue weighted by Gasteiger charge is 2.31. The molecule has 1 aromatic heterocycles. The van der Waals surface area contributed by atoms with Crippen molar-refractivity contribution in [3.8, 4) is 11.6 Å². The van der Waals surface area contributed by atoms with E-state index in [2.05, 4.69) is 4.98 Å². The predicted octanol–water partition coefficient (Wildman–Crippen LogP) is 4.72. The summed E-state index contributed by atoms with van der Waals surface area (Å²) in [5.41, 5.74) is -0.641. The fourth-order valence-electron chi connectivity index (χ4n) is 1.64. The first-order valence-electron chi connectivity index (χ1n) is 6.49. The molecule has 4 nitrogen and oxygen atoms in total. The SMILES string of the molecule is CCOC(=O)c1ccc(Oc2ncc(C(F)(F)F)cc2Cl)cc1. The molecule has 23 heavy (non-hydrogen) atoms. The van der Waals surface area contributed by atoms with Gasteiger partial charge in [-0.05, 0) is 37.3 Å². The van der Waals surface area contributed by atoms with E-state index in [-0.39, 0.29) is 23.3 Å². The Morgan fingerprint density at radius 1 is 1.26 bits per heavy atom. The molecule has 0 aliphatic heterocycles. The van der Waals surface area contributed by atoms with Crippen LogP contribution in [0.5, 0.6) is 11.6 Å². The topological polar surface area (TPSA) is 48.4 Å². The summed E-state index contributed by atoms with van der Waals surface area (Å²) >= 11 is 5.75. The molecule has 0 N–H and O–H groups in total. The second-order valence-corrected chi connectivity index (χ2v) is 4.76. The van der Waals surface area contributed by atoms with E-state index in [0.717, 1.165) is 6.07 Å². The fourth-order valence-corrected chi connectivity index (χ4v) is 1.85. The maximum atomic E-state index is 12.5. The van der Waals surface area contributed by atoms with Gasteiger partial charge >= 0.3 is 12.1 Å². The van der Waals surface area contributed by atoms with Crippen molar-refractivity contribution in [1.82, 2.24) is 4.98 Å². The summed E-state index contributed by atoms with van der Waals surface area (Å²) in [5, 5.41) is -0.269. The van der Waals surface area contributed by atoms with E-state index in [1.54, 1.807) is 6.92 Å². The number of halogens is 4. The van der Waals surface area contributed by atoms with Gasteiger partial charge < -0.3 is 9.47 Å². The lowest BCUT2D eigenvalue weighted by Crippen LogP contribution is -2.06. The smallest absolute Gasteiger partial charge is 0.417 e. The third-order valence-corrected chi connectivity index (χ3v) is 2.99. The molecular formula is C15H11ClF3NO3. The highest BCUT2D eigenvalue weighted by molar-refractivity contribution is 6.31. The Labute approximate surface area is 134 Å². The van der Waals surface area contributed by atoms with Gasteiger partial charge in [0.1, 0.15) is 10.8 Å². The summed E-state index contributed by atoms with van der Waals surface area (Å²) in [6, 6.07) is 6.58. The fraction of sp³-hybridized carbons (Fsp3) is 0.200. The van der Waals surface area contributed by atoms with Crippen LogP contribution in [0.4, 0.5) is 13.2 Å². The van der Waals surface area contributed by atoms with Crippen molar-refractivity contribution in [2.75, 3.05) is 6.61 Å². The van der Waals surface area contributed by atoms with E-state index in [4.69, 9.17) is 21.1 Å². The lowest BCUT2D eigenvalue weighted by Gasteiger charge is -2.10. The van der Waals surface area contributed by atoms with Crippen LogP contribution in [0, 0.1) is 0 Å². The van der Waals surface area contributed by atoms with Gasteiger partial charge in [0.05, 0.1) is 17.7 Å². The molecule has 0 amide bonds. The van der Waals surface area contributed by atoms with Gasteiger partial charge in [0.2, 0.25) is 5.88 Å². The molecule has 0 atom stereocenters. The summed E-state index contributed by atoms with van der Waals surface area (Å²) < 4.78 is 47.7. The molecule has 0 radical (unpaired) electrons. The van der Waals surface area contributed by atoms with Gasteiger partial charge in [0.25, 0.3) is 0 Å². The number of rotatable bonds is 4. The highest BCUT2D eigenvalue weighted by Crippen LogP contribution is 2.34. The van der Waals surface area contributed by atoms with Crippen LogP contribution in [0.2, 0.25) is 5.02 Å². The monoisotopic (exact) mass is 345 g/mol. The maximum Gasteiger partial charge on any atom is 0.417 e. The number of pyridine rings is 1. The van der Waals surface area contributed by atoms with E-state index < -0.39 is 17.7 Å². The van der Waals surface area contributed by atoms with Crippen LogP contribution < -0.4 is 4.74 Å². The van der Waals surface area contributed by atoms with Crippen LogP contribution in [0.15, 0.2) is 36.5 Å². The number of benzene rings is 1. The number of carbonyl (C=O) groups excluding carboxylic acids is 1. The summed E-state index contributed by atoms with van der Waals surface area (Å²) in [6.45, 7) is 1.94. The lowest BCUT2D eigenvalue weighted by molar-refractivity contribution is -0.137. The van der Waals surface area contributed by atoms with Gasteiger partial charge in [-0.1, -0.05) is 11.6 Å².